The highest BCUT2D eigenvalue weighted by atomic mass is 16.5. The van der Waals surface area contributed by atoms with Crippen LogP contribution in [0, 0.1) is 6.92 Å². The van der Waals surface area contributed by atoms with Crippen LogP contribution in [0.4, 0.5) is 0 Å². The van der Waals surface area contributed by atoms with Gasteiger partial charge in [0.1, 0.15) is 0 Å². The van der Waals surface area contributed by atoms with E-state index >= 15 is 0 Å². The van der Waals surface area contributed by atoms with Crippen LogP contribution < -0.4 is 14.2 Å². The zero-order valence-electron chi connectivity index (χ0n) is 12.6. The maximum Gasteiger partial charge on any atom is 0.203 e. The van der Waals surface area contributed by atoms with E-state index < -0.39 is 0 Å². The average Bonchev–Trinajstić information content (AvgIpc) is 2.86. The summed E-state index contributed by atoms with van der Waals surface area (Å²) in [5.41, 5.74) is 3.07. The van der Waals surface area contributed by atoms with E-state index in [2.05, 4.69) is 12.0 Å². The number of hydrogen-bond donors (Lipinski definition) is 0. The molecule has 0 radical (unpaired) electrons. The first-order valence-corrected chi connectivity index (χ1v) is 6.49. The molecule has 2 aromatic rings. The van der Waals surface area contributed by atoms with Crippen LogP contribution >= 0.6 is 0 Å². The molecule has 0 aliphatic rings. The van der Waals surface area contributed by atoms with Gasteiger partial charge in [0.25, 0.3) is 0 Å². The van der Waals surface area contributed by atoms with Gasteiger partial charge in [0.2, 0.25) is 5.75 Å². The Morgan fingerprint density at radius 3 is 2.20 bits per heavy atom. The topological polar surface area (TPSA) is 45.5 Å². The van der Waals surface area contributed by atoms with E-state index in [0.717, 1.165) is 23.4 Å². The lowest BCUT2D eigenvalue weighted by Crippen LogP contribution is -1.99. The van der Waals surface area contributed by atoms with Gasteiger partial charge < -0.3 is 14.2 Å². The van der Waals surface area contributed by atoms with Crippen molar-refractivity contribution < 1.29 is 14.2 Å². The molecule has 0 spiro atoms. The number of ether oxygens (including phenoxy) is 3. The molecule has 5 heteroatoms. The lowest BCUT2D eigenvalue weighted by molar-refractivity contribution is 0.325. The molecule has 0 amide bonds. The van der Waals surface area contributed by atoms with E-state index in [1.165, 1.54) is 0 Å². The molecule has 1 heterocycles. The fourth-order valence-electron chi connectivity index (χ4n) is 2.34. The van der Waals surface area contributed by atoms with Gasteiger partial charge in [0.05, 0.1) is 27.5 Å². The molecule has 108 valence electrons. The Morgan fingerprint density at radius 2 is 1.70 bits per heavy atom. The fourth-order valence-corrected chi connectivity index (χ4v) is 2.34. The zero-order chi connectivity index (χ0) is 14.7. The first kappa shape index (κ1) is 14.2. The lowest BCUT2D eigenvalue weighted by Gasteiger charge is -2.15. The molecule has 0 saturated carbocycles. The maximum absolute atomic E-state index is 5.52. The first-order valence-electron chi connectivity index (χ1n) is 6.49. The first-order chi connectivity index (χ1) is 9.67. The Balaban J connectivity index is 2.64. The van der Waals surface area contributed by atoms with E-state index in [4.69, 9.17) is 14.2 Å². The fraction of sp³-hybridized carbons (Fsp3) is 0.400. The van der Waals surface area contributed by atoms with Crippen LogP contribution in [0.2, 0.25) is 0 Å². The zero-order valence-corrected chi connectivity index (χ0v) is 12.6. The van der Waals surface area contributed by atoms with Crippen LogP contribution in [0.1, 0.15) is 12.6 Å². The molecule has 1 aromatic carbocycles. The molecule has 0 aliphatic carbocycles. The van der Waals surface area contributed by atoms with Gasteiger partial charge >= 0.3 is 0 Å². The second-order valence-electron chi connectivity index (χ2n) is 4.34. The quantitative estimate of drug-likeness (QED) is 0.842. The minimum Gasteiger partial charge on any atom is -0.493 e. The Morgan fingerprint density at radius 1 is 1.00 bits per heavy atom. The van der Waals surface area contributed by atoms with Crippen LogP contribution in [0.5, 0.6) is 17.2 Å². The molecule has 2 rings (SSSR count). The molecule has 5 nitrogen and oxygen atoms in total. The summed E-state index contributed by atoms with van der Waals surface area (Å²) in [5, 5.41) is 4.37. The van der Waals surface area contributed by atoms with Gasteiger partial charge in [0.15, 0.2) is 11.5 Å². The van der Waals surface area contributed by atoms with Crippen molar-refractivity contribution >= 4 is 0 Å². The van der Waals surface area contributed by atoms with Gasteiger partial charge in [-0.05, 0) is 26.0 Å². The third kappa shape index (κ3) is 2.19. The lowest BCUT2D eigenvalue weighted by atomic mass is 10.0. The Labute approximate surface area is 119 Å². The number of aromatic nitrogens is 2. The second kappa shape index (κ2) is 5.86. The van der Waals surface area contributed by atoms with Crippen LogP contribution in [0.15, 0.2) is 18.3 Å². The van der Waals surface area contributed by atoms with Gasteiger partial charge in [-0.2, -0.15) is 5.10 Å². The highest BCUT2D eigenvalue weighted by Gasteiger charge is 2.19. The summed E-state index contributed by atoms with van der Waals surface area (Å²) in [4.78, 5) is 0. The summed E-state index contributed by atoms with van der Waals surface area (Å²) in [6.07, 6.45) is 1.85. The largest absolute Gasteiger partial charge is 0.493 e. The van der Waals surface area contributed by atoms with Crippen LogP contribution in [0.3, 0.4) is 0 Å². The van der Waals surface area contributed by atoms with Gasteiger partial charge in [-0.15, -0.1) is 0 Å². The van der Waals surface area contributed by atoms with Crippen molar-refractivity contribution in [3.05, 3.63) is 24.0 Å². The van der Waals surface area contributed by atoms with Crippen LogP contribution in [0.25, 0.3) is 11.1 Å². The normalized spacial score (nSPS) is 10.4. The highest BCUT2D eigenvalue weighted by molar-refractivity contribution is 5.77. The van der Waals surface area contributed by atoms with Crippen LogP contribution in [-0.4, -0.2) is 31.1 Å². The number of nitrogens with zero attached hydrogens (tertiary/aromatic N) is 2. The molecule has 0 saturated heterocycles. The number of hydrogen-bond acceptors (Lipinski definition) is 4. The van der Waals surface area contributed by atoms with Gasteiger partial charge in [-0.25, -0.2) is 0 Å². The molecular weight excluding hydrogens is 256 g/mol. The predicted molar refractivity (Wildman–Crippen MR) is 77.7 cm³/mol. The van der Waals surface area contributed by atoms with Gasteiger partial charge in [-0.3, -0.25) is 4.68 Å². The molecule has 0 N–H and O–H groups in total. The summed E-state index contributed by atoms with van der Waals surface area (Å²) in [6.45, 7) is 4.94. The van der Waals surface area contributed by atoms with E-state index in [1.807, 2.05) is 29.9 Å². The van der Waals surface area contributed by atoms with Crippen molar-refractivity contribution in [2.45, 2.75) is 20.4 Å². The molecule has 0 fully saturated rings. The van der Waals surface area contributed by atoms with E-state index in [0.29, 0.717) is 17.2 Å². The summed E-state index contributed by atoms with van der Waals surface area (Å²) in [6, 6.07) is 3.84. The van der Waals surface area contributed by atoms with Crippen molar-refractivity contribution in [1.29, 1.82) is 0 Å². The summed E-state index contributed by atoms with van der Waals surface area (Å²) >= 11 is 0. The van der Waals surface area contributed by atoms with E-state index in [9.17, 15) is 0 Å². The molecular formula is C15H20N2O3. The summed E-state index contributed by atoms with van der Waals surface area (Å²) in [5.74, 6) is 1.90. The highest BCUT2D eigenvalue weighted by Crippen LogP contribution is 2.44. The SMILES string of the molecule is CCn1ncc(-c2ccc(OC)c(OC)c2OC)c1C. The molecule has 0 aliphatic heterocycles. The molecule has 20 heavy (non-hydrogen) atoms. The maximum atomic E-state index is 5.52. The van der Waals surface area contributed by atoms with Crippen molar-refractivity contribution in [3.63, 3.8) is 0 Å². The van der Waals surface area contributed by atoms with Crippen molar-refractivity contribution in [3.8, 4) is 28.4 Å². The predicted octanol–water partition coefficient (Wildman–Crippen LogP) is 2.90. The number of benzene rings is 1. The molecule has 0 atom stereocenters. The third-order valence-electron chi connectivity index (χ3n) is 3.40. The summed E-state index contributed by atoms with van der Waals surface area (Å²) < 4.78 is 18.2. The Hall–Kier alpha value is -2.17. The summed E-state index contributed by atoms with van der Waals surface area (Å²) in [7, 11) is 4.84. The number of rotatable bonds is 5. The number of aryl methyl sites for hydroxylation is 1. The minimum atomic E-state index is 0.594. The average molecular weight is 276 g/mol. The van der Waals surface area contributed by atoms with E-state index in [-0.39, 0.29) is 0 Å². The third-order valence-corrected chi connectivity index (χ3v) is 3.40. The van der Waals surface area contributed by atoms with Crippen LogP contribution in [-0.2, 0) is 6.54 Å². The van der Waals surface area contributed by atoms with Crippen molar-refractivity contribution in [1.82, 2.24) is 9.78 Å². The molecule has 1 aromatic heterocycles. The van der Waals surface area contributed by atoms with Gasteiger partial charge in [0, 0.05) is 23.4 Å². The minimum absolute atomic E-state index is 0.594. The Kier molecular flexibility index (Phi) is 4.17. The molecule has 0 bridgehead atoms. The molecule has 0 unspecified atom stereocenters. The monoisotopic (exact) mass is 276 g/mol. The van der Waals surface area contributed by atoms with Crippen molar-refractivity contribution in [2.24, 2.45) is 0 Å². The smallest absolute Gasteiger partial charge is 0.203 e. The van der Waals surface area contributed by atoms with Gasteiger partial charge in [-0.1, -0.05) is 0 Å². The standard InChI is InChI=1S/C15H20N2O3/c1-6-17-10(2)12(9-16-17)11-7-8-13(18-3)15(20-5)14(11)19-4/h7-9H,6H2,1-5H3. The Bertz CT molecular complexity index is 605. The second-order valence-corrected chi connectivity index (χ2v) is 4.34. The van der Waals surface area contributed by atoms with Crippen molar-refractivity contribution in [2.75, 3.05) is 21.3 Å². The van der Waals surface area contributed by atoms with E-state index in [1.54, 1.807) is 21.3 Å². The number of methoxy groups -OCH3 is 3.